The van der Waals surface area contributed by atoms with E-state index >= 15 is 0 Å². The minimum absolute atomic E-state index is 0.0483. The molecule has 0 aromatic heterocycles. The van der Waals surface area contributed by atoms with E-state index in [4.69, 9.17) is 9.47 Å². The summed E-state index contributed by atoms with van der Waals surface area (Å²) in [6, 6.07) is 0. The van der Waals surface area contributed by atoms with Gasteiger partial charge in [0.25, 0.3) is 0 Å². The number of esters is 1. The van der Waals surface area contributed by atoms with Gasteiger partial charge in [0.05, 0.1) is 12.7 Å². The summed E-state index contributed by atoms with van der Waals surface area (Å²) < 4.78 is 12.5. The van der Waals surface area contributed by atoms with E-state index in [-0.39, 0.29) is 40.0 Å². The first-order valence-corrected chi connectivity index (χ1v) is 11.8. The third kappa shape index (κ3) is 2.42. The average molecular weight is 403 g/mol. The number of ether oxygens (including phenoxy) is 2. The van der Waals surface area contributed by atoms with Crippen molar-refractivity contribution in [3.63, 3.8) is 0 Å². The first-order valence-electron chi connectivity index (χ1n) is 11.8. The molecule has 4 aliphatic carbocycles. The van der Waals surface area contributed by atoms with Gasteiger partial charge in [0.1, 0.15) is 11.7 Å². The second-order valence-electron chi connectivity index (χ2n) is 11.7. The fourth-order valence-electron chi connectivity index (χ4n) is 8.77. The number of epoxide rings is 1. The van der Waals surface area contributed by atoms with Gasteiger partial charge >= 0.3 is 5.97 Å². The summed E-state index contributed by atoms with van der Waals surface area (Å²) in [5, 5.41) is 10.8. The number of allylic oxidation sites excluding steroid dienone is 1. The van der Waals surface area contributed by atoms with Gasteiger partial charge in [-0.05, 0) is 87.4 Å². The quantitative estimate of drug-likeness (QED) is 0.415. The lowest BCUT2D eigenvalue weighted by Crippen LogP contribution is -2.61. The highest BCUT2D eigenvalue weighted by Crippen LogP contribution is 2.75. The van der Waals surface area contributed by atoms with Crippen molar-refractivity contribution in [2.75, 3.05) is 6.61 Å². The number of aliphatic hydroxyl groups is 1. The third-order valence-electron chi connectivity index (χ3n) is 10.4. The molecule has 5 fully saturated rings. The van der Waals surface area contributed by atoms with Crippen LogP contribution in [0.5, 0.6) is 0 Å². The van der Waals surface area contributed by atoms with Crippen LogP contribution in [0.2, 0.25) is 0 Å². The minimum Gasteiger partial charge on any atom is -0.455 e. The number of carbonyl (C=O) groups excluding carboxylic acids is 1. The lowest BCUT2D eigenvalue weighted by Gasteiger charge is -2.65. The molecule has 8 atom stereocenters. The van der Waals surface area contributed by atoms with Crippen LogP contribution in [0, 0.1) is 34.0 Å². The SMILES string of the molecule is CC=C(C)C(=O)OC1C23CCC4C(C)(C)C(O)CCC4(C)C2CCC(C3)C12CO2. The Hall–Kier alpha value is -0.870. The van der Waals surface area contributed by atoms with Crippen molar-refractivity contribution in [2.45, 2.75) is 97.4 Å². The summed E-state index contributed by atoms with van der Waals surface area (Å²) in [6.07, 6.45) is 9.28. The molecule has 5 rings (SSSR count). The Morgan fingerprint density at radius 1 is 1.10 bits per heavy atom. The molecule has 2 spiro atoms. The lowest BCUT2D eigenvalue weighted by atomic mass is 9.40. The van der Waals surface area contributed by atoms with Crippen LogP contribution < -0.4 is 0 Å². The van der Waals surface area contributed by atoms with Gasteiger partial charge in [-0.1, -0.05) is 26.8 Å². The van der Waals surface area contributed by atoms with Crippen molar-refractivity contribution in [3.05, 3.63) is 11.6 Å². The van der Waals surface area contributed by atoms with Gasteiger partial charge in [-0.15, -0.1) is 0 Å². The minimum atomic E-state index is -0.217. The maximum Gasteiger partial charge on any atom is 0.333 e. The molecule has 0 aromatic carbocycles. The number of carbonyl (C=O) groups is 1. The smallest absolute Gasteiger partial charge is 0.333 e. The van der Waals surface area contributed by atoms with E-state index in [1.54, 1.807) is 0 Å². The van der Waals surface area contributed by atoms with Gasteiger partial charge in [-0.3, -0.25) is 0 Å². The van der Waals surface area contributed by atoms with Gasteiger partial charge in [-0.25, -0.2) is 4.79 Å². The Morgan fingerprint density at radius 2 is 1.83 bits per heavy atom. The van der Waals surface area contributed by atoms with Crippen LogP contribution in [-0.4, -0.2) is 35.5 Å². The van der Waals surface area contributed by atoms with Crippen LogP contribution in [0.4, 0.5) is 0 Å². The van der Waals surface area contributed by atoms with Crippen molar-refractivity contribution >= 4 is 5.97 Å². The van der Waals surface area contributed by atoms with Crippen LogP contribution in [0.25, 0.3) is 0 Å². The molecular formula is C25H38O4. The van der Waals surface area contributed by atoms with E-state index < -0.39 is 0 Å². The Morgan fingerprint density at radius 3 is 2.48 bits per heavy atom. The molecule has 0 radical (unpaired) electrons. The Bertz CT molecular complexity index is 750. The summed E-state index contributed by atoms with van der Waals surface area (Å²) in [6.45, 7) is 11.5. The summed E-state index contributed by atoms with van der Waals surface area (Å²) >= 11 is 0. The highest BCUT2D eigenvalue weighted by molar-refractivity contribution is 5.87. The number of aliphatic hydroxyl groups excluding tert-OH is 1. The van der Waals surface area contributed by atoms with Crippen LogP contribution in [0.15, 0.2) is 11.6 Å². The van der Waals surface area contributed by atoms with E-state index in [0.29, 0.717) is 23.3 Å². The van der Waals surface area contributed by atoms with Crippen molar-refractivity contribution in [2.24, 2.45) is 34.0 Å². The molecule has 162 valence electrons. The zero-order chi connectivity index (χ0) is 20.8. The Balaban J connectivity index is 1.54. The lowest BCUT2D eigenvalue weighted by molar-refractivity contribution is -0.205. The molecule has 1 N–H and O–H groups in total. The zero-order valence-corrected chi connectivity index (χ0v) is 18.8. The van der Waals surface area contributed by atoms with E-state index in [2.05, 4.69) is 20.8 Å². The molecule has 29 heavy (non-hydrogen) atoms. The van der Waals surface area contributed by atoms with Crippen molar-refractivity contribution in [3.8, 4) is 0 Å². The molecule has 4 heteroatoms. The second-order valence-corrected chi connectivity index (χ2v) is 11.7. The predicted octanol–water partition coefficient (Wildman–Crippen LogP) is 4.65. The van der Waals surface area contributed by atoms with Crippen molar-refractivity contribution in [1.82, 2.24) is 0 Å². The maximum absolute atomic E-state index is 12.8. The van der Waals surface area contributed by atoms with E-state index in [0.717, 1.165) is 38.7 Å². The number of rotatable bonds is 2. The van der Waals surface area contributed by atoms with Gasteiger partial charge < -0.3 is 14.6 Å². The summed E-state index contributed by atoms with van der Waals surface area (Å²) in [7, 11) is 0. The molecular weight excluding hydrogens is 364 g/mol. The second kappa shape index (κ2) is 6.09. The fourth-order valence-corrected chi connectivity index (χ4v) is 8.77. The summed E-state index contributed by atoms with van der Waals surface area (Å²) in [5.41, 5.74) is 0.674. The summed E-state index contributed by atoms with van der Waals surface area (Å²) in [5.74, 6) is 1.44. The van der Waals surface area contributed by atoms with Gasteiger partial charge in [0, 0.05) is 11.0 Å². The van der Waals surface area contributed by atoms with Crippen molar-refractivity contribution in [1.29, 1.82) is 0 Å². The van der Waals surface area contributed by atoms with Crippen LogP contribution in [-0.2, 0) is 14.3 Å². The van der Waals surface area contributed by atoms with Crippen LogP contribution in [0.1, 0.15) is 79.6 Å². The maximum atomic E-state index is 12.8. The molecule has 4 nitrogen and oxygen atoms in total. The van der Waals surface area contributed by atoms with E-state index in [1.807, 2.05) is 19.9 Å². The van der Waals surface area contributed by atoms with Gasteiger partial charge in [-0.2, -0.15) is 0 Å². The fraction of sp³-hybridized carbons (Fsp3) is 0.880. The number of hydrogen-bond donors (Lipinski definition) is 1. The molecule has 1 aliphatic heterocycles. The van der Waals surface area contributed by atoms with Gasteiger partial charge in [0.15, 0.2) is 0 Å². The Kier molecular flexibility index (Phi) is 4.22. The van der Waals surface area contributed by atoms with E-state index in [1.165, 1.54) is 12.8 Å². The Labute approximate surface area is 175 Å². The highest BCUT2D eigenvalue weighted by atomic mass is 16.6. The van der Waals surface area contributed by atoms with E-state index in [9.17, 15) is 9.90 Å². The number of fused-ring (bicyclic) bond motifs is 4. The summed E-state index contributed by atoms with van der Waals surface area (Å²) in [4.78, 5) is 12.8. The molecule has 0 aromatic rings. The normalized spacial score (nSPS) is 52.6. The molecule has 8 unspecified atom stereocenters. The molecule has 1 saturated heterocycles. The molecule has 0 amide bonds. The van der Waals surface area contributed by atoms with Crippen LogP contribution >= 0.6 is 0 Å². The molecule has 2 bridgehead atoms. The molecule has 5 aliphatic rings. The molecule has 1 heterocycles. The third-order valence-corrected chi connectivity index (χ3v) is 10.4. The topological polar surface area (TPSA) is 59.1 Å². The molecule has 4 saturated carbocycles. The standard InChI is InChI=1S/C25H38O4/c1-6-15(2)20(27)29-21-24-12-9-17-22(3,4)19(26)10-11-23(17,5)18(24)8-7-16(13-24)25(21)14-28-25/h6,16-19,21,26H,7-14H2,1-5H3. The number of hydrogen-bond acceptors (Lipinski definition) is 4. The first kappa shape index (κ1) is 20.1. The van der Waals surface area contributed by atoms with Crippen LogP contribution in [0.3, 0.4) is 0 Å². The van der Waals surface area contributed by atoms with Gasteiger partial charge in [0.2, 0.25) is 0 Å². The first-order chi connectivity index (χ1) is 13.6. The zero-order valence-electron chi connectivity index (χ0n) is 18.8. The van der Waals surface area contributed by atoms with Crippen molar-refractivity contribution < 1.29 is 19.4 Å². The highest BCUT2D eigenvalue weighted by Gasteiger charge is 2.77. The monoisotopic (exact) mass is 402 g/mol. The average Bonchev–Trinajstić information content (AvgIpc) is 3.46. The predicted molar refractivity (Wildman–Crippen MR) is 111 cm³/mol. The largest absolute Gasteiger partial charge is 0.455 e.